The second kappa shape index (κ2) is 5.38. The number of amides is 1. The number of anilines is 2. The molecule has 0 radical (unpaired) electrons. The average Bonchev–Trinajstić information content (AvgIpc) is 2.77. The topological polar surface area (TPSA) is 112 Å². The number of rotatable bonds is 5. The molecule has 0 aliphatic carbocycles. The van der Waals surface area contributed by atoms with Crippen molar-refractivity contribution in [2.24, 2.45) is 12.8 Å². The van der Waals surface area contributed by atoms with Crippen molar-refractivity contribution in [1.82, 2.24) is 14.8 Å². The summed E-state index contributed by atoms with van der Waals surface area (Å²) < 4.78 is 1.65. The van der Waals surface area contributed by atoms with Crippen molar-refractivity contribution in [3.63, 3.8) is 0 Å². The van der Waals surface area contributed by atoms with Crippen molar-refractivity contribution in [2.45, 2.75) is 6.42 Å². The quantitative estimate of drug-likeness (QED) is 0.662. The molecule has 0 fully saturated rings. The summed E-state index contributed by atoms with van der Waals surface area (Å²) in [5, 5.41) is 7.31. The van der Waals surface area contributed by atoms with Crippen LogP contribution < -0.4 is 16.8 Å². The molecule has 0 aliphatic heterocycles. The molecule has 2 rings (SSSR count). The molecule has 100 valence electrons. The number of nitrogen functional groups attached to an aromatic ring is 1. The Labute approximate surface area is 110 Å². The van der Waals surface area contributed by atoms with Crippen LogP contribution >= 0.6 is 0 Å². The zero-order valence-electron chi connectivity index (χ0n) is 10.6. The number of benzene rings is 1. The Morgan fingerprint density at radius 3 is 2.89 bits per heavy atom. The molecule has 7 nitrogen and oxygen atoms in total. The van der Waals surface area contributed by atoms with E-state index in [1.54, 1.807) is 29.2 Å². The van der Waals surface area contributed by atoms with E-state index in [4.69, 9.17) is 11.5 Å². The standard InChI is InChI=1S/C12H16N6O/c1-18-7-16-10(17-18)5-6-15-9-4-2-3-8(11(9)13)12(14)19/h2-4,7,15H,5-6,13H2,1H3,(H2,14,19). The van der Waals surface area contributed by atoms with Crippen LogP contribution in [0, 0.1) is 0 Å². The number of aryl methyl sites for hydroxylation is 1. The maximum atomic E-state index is 11.2. The molecule has 2 aromatic rings. The maximum Gasteiger partial charge on any atom is 0.250 e. The number of primary amides is 1. The van der Waals surface area contributed by atoms with Gasteiger partial charge in [0.25, 0.3) is 5.91 Å². The van der Waals surface area contributed by atoms with Crippen LogP contribution in [-0.4, -0.2) is 27.2 Å². The highest BCUT2D eigenvalue weighted by Crippen LogP contribution is 2.22. The fourth-order valence-electron chi connectivity index (χ4n) is 1.74. The Balaban J connectivity index is 2.00. The predicted octanol–water partition coefficient (Wildman–Crippen LogP) is 0.151. The molecular formula is C12H16N6O. The largest absolute Gasteiger partial charge is 0.396 e. The first-order valence-corrected chi connectivity index (χ1v) is 5.84. The second-order valence-corrected chi connectivity index (χ2v) is 4.14. The molecular weight excluding hydrogens is 244 g/mol. The third-order valence-corrected chi connectivity index (χ3v) is 2.68. The Hall–Kier alpha value is -2.57. The van der Waals surface area contributed by atoms with E-state index in [1.165, 1.54) is 0 Å². The van der Waals surface area contributed by atoms with Crippen LogP contribution in [0.15, 0.2) is 24.5 Å². The van der Waals surface area contributed by atoms with E-state index in [0.717, 1.165) is 5.82 Å². The number of nitrogens with one attached hydrogen (secondary N) is 1. The van der Waals surface area contributed by atoms with Gasteiger partial charge in [0.05, 0.1) is 16.9 Å². The van der Waals surface area contributed by atoms with Gasteiger partial charge < -0.3 is 16.8 Å². The van der Waals surface area contributed by atoms with E-state index in [1.807, 2.05) is 7.05 Å². The second-order valence-electron chi connectivity index (χ2n) is 4.14. The number of hydrogen-bond acceptors (Lipinski definition) is 5. The molecule has 1 heterocycles. The number of nitrogens with zero attached hydrogens (tertiary/aromatic N) is 3. The van der Waals surface area contributed by atoms with Gasteiger partial charge in [-0.3, -0.25) is 9.48 Å². The summed E-state index contributed by atoms with van der Waals surface area (Å²) in [6.07, 6.45) is 2.32. The molecule has 1 aromatic heterocycles. The van der Waals surface area contributed by atoms with Gasteiger partial charge in [-0.2, -0.15) is 5.10 Å². The van der Waals surface area contributed by atoms with Crippen LogP contribution in [-0.2, 0) is 13.5 Å². The van der Waals surface area contributed by atoms with E-state index < -0.39 is 5.91 Å². The number of carbonyl (C=O) groups is 1. The number of aromatic nitrogens is 3. The first kappa shape index (κ1) is 12.9. The zero-order chi connectivity index (χ0) is 13.8. The third-order valence-electron chi connectivity index (χ3n) is 2.68. The monoisotopic (exact) mass is 260 g/mol. The zero-order valence-corrected chi connectivity index (χ0v) is 10.6. The molecule has 0 atom stereocenters. The van der Waals surface area contributed by atoms with Gasteiger partial charge in [-0.1, -0.05) is 6.07 Å². The van der Waals surface area contributed by atoms with Gasteiger partial charge in [-0.05, 0) is 12.1 Å². The molecule has 0 spiro atoms. The van der Waals surface area contributed by atoms with Crippen LogP contribution in [0.1, 0.15) is 16.2 Å². The van der Waals surface area contributed by atoms with Crippen LogP contribution in [0.4, 0.5) is 11.4 Å². The highest BCUT2D eigenvalue weighted by atomic mass is 16.1. The fourth-order valence-corrected chi connectivity index (χ4v) is 1.74. The van der Waals surface area contributed by atoms with Crippen LogP contribution in [0.25, 0.3) is 0 Å². The molecule has 0 bridgehead atoms. The average molecular weight is 260 g/mol. The van der Waals surface area contributed by atoms with Crippen molar-refractivity contribution in [3.8, 4) is 0 Å². The normalized spacial score (nSPS) is 10.4. The number of nitrogens with two attached hydrogens (primary N) is 2. The van der Waals surface area contributed by atoms with E-state index >= 15 is 0 Å². The Bertz CT molecular complexity index is 592. The SMILES string of the molecule is Cn1cnc(CCNc2cccc(C(N)=O)c2N)n1. The van der Waals surface area contributed by atoms with E-state index in [-0.39, 0.29) is 0 Å². The predicted molar refractivity (Wildman–Crippen MR) is 72.6 cm³/mol. The number of hydrogen-bond donors (Lipinski definition) is 3. The summed E-state index contributed by atoms with van der Waals surface area (Å²) in [5.41, 5.74) is 12.5. The van der Waals surface area contributed by atoms with Gasteiger partial charge in [-0.15, -0.1) is 0 Å². The molecule has 1 amide bonds. The smallest absolute Gasteiger partial charge is 0.250 e. The molecule has 0 saturated heterocycles. The summed E-state index contributed by atoms with van der Waals surface area (Å²) in [4.78, 5) is 15.3. The minimum atomic E-state index is -0.535. The van der Waals surface area contributed by atoms with E-state index in [9.17, 15) is 4.79 Å². The van der Waals surface area contributed by atoms with Crippen molar-refractivity contribution < 1.29 is 4.79 Å². The van der Waals surface area contributed by atoms with Gasteiger partial charge >= 0.3 is 0 Å². The fraction of sp³-hybridized carbons (Fsp3) is 0.250. The molecule has 7 heteroatoms. The lowest BCUT2D eigenvalue weighted by molar-refractivity contribution is 0.100. The minimum Gasteiger partial charge on any atom is -0.396 e. The molecule has 0 aliphatic rings. The molecule has 0 unspecified atom stereocenters. The lowest BCUT2D eigenvalue weighted by Crippen LogP contribution is -2.15. The van der Waals surface area contributed by atoms with Gasteiger partial charge in [0.1, 0.15) is 6.33 Å². The summed E-state index contributed by atoms with van der Waals surface area (Å²) in [6, 6.07) is 5.13. The summed E-state index contributed by atoms with van der Waals surface area (Å²) in [5.74, 6) is 0.215. The van der Waals surface area contributed by atoms with Gasteiger partial charge in [0, 0.05) is 20.0 Å². The van der Waals surface area contributed by atoms with Crippen LogP contribution in [0.3, 0.4) is 0 Å². The molecule has 0 saturated carbocycles. The first-order chi connectivity index (χ1) is 9.08. The Kier molecular flexibility index (Phi) is 3.65. The first-order valence-electron chi connectivity index (χ1n) is 5.84. The van der Waals surface area contributed by atoms with Crippen molar-refractivity contribution in [2.75, 3.05) is 17.6 Å². The number of para-hydroxylation sites is 1. The van der Waals surface area contributed by atoms with Crippen LogP contribution in [0.5, 0.6) is 0 Å². The highest BCUT2D eigenvalue weighted by molar-refractivity contribution is 6.00. The lowest BCUT2D eigenvalue weighted by atomic mass is 10.1. The minimum absolute atomic E-state index is 0.320. The molecule has 1 aromatic carbocycles. The van der Waals surface area contributed by atoms with E-state index in [0.29, 0.717) is 29.9 Å². The van der Waals surface area contributed by atoms with Gasteiger partial charge in [-0.25, -0.2) is 4.98 Å². The molecule has 5 N–H and O–H groups in total. The van der Waals surface area contributed by atoms with Crippen molar-refractivity contribution in [1.29, 1.82) is 0 Å². The van der Waals surface area contributed by atoms with Crippen molar-refractivity contribution in [3.05, 3.63) is 35.9 Å². The highest BCUT2D eigenvalue weighted by Gasteiger charge is 2.09. The summed E-state index contributed by atoms with van der Waals surface area (Å²) in [6.45, 7) is 0.621. The van der Waals surface area contributed by atoms with Crippen LogP contribution in [0.2, 0.25) is 0 Å². The van der Waals surface area contributed by atoms with Crippen molar-refractivity contribution >= 4 is 17.3 Å². The molecule has 19 heavy (non-hydrogen) atoms. The lowest BCUT2D eigenvalue weighted by Gasteiger charge is -2.10. The summed E-state index contributed by atoms with van der Waals surface area (Å²) >= 11 is 0. The van der Waals surface area contributed by atoms with E-state index in [2.05, 4.69) is 15.4 Å². The van der Waals surface area contributed by atoms with Gasteiger partial charge in [0.2, 0.25) is 0 Å². The summed E-state index contributed by atoms with van der Waals surface area (Å²) in [7, 11) is 1.82. The Morgan fingerprint density at radius 1 is 1.47 bits per heavy atom. The number of carbonyl (C=O) groups excluding carboxylic acids is 1. The van der Waals surface area contributed by atoms with Gasteiger partial charge in [0.15, 0.2) is 5.82 Å². The third kappa shape index (κ3) is 3.01. The Morgan fingerprint density at radius 2 is 2.26 bits per heavy atom. The maximum absolute atomic E-state index is 11.2.